The molecule has 1 amide bonds. The second kappa shape index (κ2) is 8.62. The van der Waals surface area contributed by atoms with Crippen LogP contribution in [0.3, 0.4) is 0 Å². The quantitative estimate of drug-likeness (QED) is 0.688. The molecule has 6 nitrogen and oxygen atoms in total. The summed E-state index contributed by atoms with van der Waals surface area (Å²) in [6.07, 6.45) is 1.77. The fraction of sp³-hybridized carbons (Fsp3) is 0.273. The molecule has 30 heavy (non-hydrogen) atoms. The largest absolute Gasteiger partial charge is 0.493 e. The van der Waals surface area contributed by atoms with E-state index in [2.05, 4.69) is 10.3 Å². The molecule has 1 N–H and O–H groups in total. The predicted octanol–water partition coefficient (Wildman–Crippen LogP) is 3.86. The Morgan fingerprint density at radius 2 is 2.13 bits per heavy atom. The molecule has 2 aromatic carbocycles. The Kier molecular flexibility index (Phi) is 5.76. The van der Waals surface area contributed by atoms with E-state index in [1.54, 1.807) is 24.3 Å². The molecule has 0 unspecified atom stereocenters. The third kappa shape index (κ3) is 4.18. The van der Waals surface area contributed by atoms with E-state index in [0.717, 1.165) is 31.0 Å². The van der Waals surface area contributed by atoms with E-state index in [0.29, 0.717) is 29.9 Å². The van der Waals surface area contributed by atoms with Gasteiger partial charge in [0.1, 0.15) is 22.9 Å². The SMILES string of the molecule is COc1cccc2cc(C(=O)NC[C@@H]3CCCO3)c(=Nc3cc(F)ccc3F)oc12. The van der Waals surface area contributed by atoms with Crippen molar-refractivity contribution in [2.24, 2.45) is 4.99 Å². The fourth-order valence-corrected chi connectivity index (χ4v) is 3.32. The first-order valence-electron chi connectivity index (χ1n) is 9.55. The van der Waals surface area contributed by atoms with Gasteiger partial charge >= 0.3 is 0 Å². The number of para-hydroxylation sites is 1. The van der Waals surface area contributed by atoms with Gasteiger partial charge in [0.2, 0.25) is 5.55 Å². The molecule has 0 radical (unpaired) electrons. The highest BCUT2D eigenvalue weighted by molar-refractivity contribution is 5.97. The van der Waals surface area contributed by atoms with E-state index in [4.69, 9.17) is 13.9 Å². The Bertz CT molecular complexity index is 1150. The zero-order valence-electron chi connectivity index (χ0n) is 16.3. The maximum absolute atomic E-state index is 14.2. The first-order chi connectivity index (χ1) is 14.5. The summed E-state index contributed by atoms with van der Waals surface area (Å²) in [5.74, 6) is -1.42. The monoisotopic (exact) mass is 414 g/mol. The van der Waals surface area contributed by atoms with Gasteiger partial charge in [-0.1, -0.05) is 12.1 Å². The minimum Gasteiger partial charge on any atom is -0.493 e. The van der Waals surface area contributed by atoms with Gasteiger partial charge in [-0.25, -0.2) is 13.8 Å². The minimum atomic E-state index is -0.738. The molecule has 1 aromatic heterocycles. The number of amides is 1. The number of carbonyl (C=O) groups excluding carboxylic acids is 1. The van der Waals surface area contributed by atoms with Crippen molar-refractivity contribution >= 4 is 22.6 Å². The van der Waals surface area contributed by atoms with Gasteiger partial charge in [0.15, 0.2) is 11.3 Å². The van der Waals surface area contributed by atoms with Gasteiger partial charge in [-0.15, -0.1) is 0 Å². The summed E-state index contributed by atoms with van der Waals surface area (Å²) < 4.78 is 44.4. The zero-order valence-corrected chi connectivity index (χ0v) is 16.3. The van der Waals surface area contributed by atoms with E-state index in [1.165, 1.54) is 7.11 Å². The molecular formula is C22H20F2N2O4. The van der Waals surface area contributed by atoms with Crippen molar-refractivity contribution in [1.29, 1.82) is 0 Å². The van der Waals surface area contributed by atoms with Crippen LogP contribution in [0.2, 0.25) is 0 Å². The van der Waals surface area contributed by atoms with Crippen LogP contribution < -0.4 is 15.6 Å². The van der Waals surface area contributed by atoms with Crippen molar-refractivity contribution in [3.8, 4) is 5.75 Å². The highest BCUT2D eigenvalue weighted by Gasteiger charge is 2.19. The lowest BCUT2D eigenvalue weighted by Gasteiger charge is -2.12. The summed E-state index contributed by atoms with van der Waals surface area (Å²) in [6, 6.07) is 9.68. The predicted molar refractivity (Wildman–Crippen MR) is 106 cm³/mol. The third-order valence-electron chi connectivity index (χ3n) is 4.85. The molecule has 3 aromatic rings. The summed E-state index contributed by atoms with van der Waals surface area (Å²) >= 11 is 0. The normalized spacial score (nSPS) is 16.8. The van der Waals surface area contributed by atoms with Crippen LogP contribution in [-0.2, 0) is 4.74 Å². The van der Waals surface area contributed by atoms with Crippen LogP contribution in [-0.4, -0.2) is 32.3 Å². The number of hydrogen-bond donors (Lipinski definition) is 1. The van der Waals surface area contributed by atoms with E-state index < -0.39 is 17.5 Å². The number of hydrogen-bond acceptors (Lipinski definition) is 5. The van der Waals surface area contributed by atoms with Gasteiger partial charge in [0.05, 0.1) is 13.2 Å². The average molecular weight is 414 g/mol. The molecule has 1 fully saturated rings. The Labute approximate surface area is 171 Å². The van der Waals surface area contributed by atoms with Crippen molar-refractivity contribution < 1.29 is 27.5 Å². The van der Waals surface area contributed by atoms with Crippen LogP contribution in [0, 0.1) is 11.6 Å². The molecular weight excluding hydrogens is 394 g/mol. The maximum Gasteiger partial charge on any atom is 0.256 e. The first-order valence-corrected chi connectivity index (χ1v) is 9.55. The van der Waals surface area contributed by atoms with Crippen molar-refractivity contribution in [3.63, 3.8) is 0 Å². The second-order valence-corrected chi connectivity index (χ2v) is 6.90. The van der Waals surface area contributed by atoms with Crippen molar-refractivity contribution in [2.45, 2.75) is 18.9 Å². The highest BCUT2D eigenvalue weighted by atomic mass is 19.1. The molecule has 1 saturated heterocycles. The number of carbonyl (C=O) groups is 1. The molecule has 1 aliphatic heterocycles. The van der Waals surface area contributed by atoms with E-state index in [9.17, 15) is 13.6 Å². The summed E-state index contributed by atoms with van der Waals surface area (Å²) in [5.41, 5.74) is 0.00571. The topological polar surface area (TPSA) is 73.1 Å². The Hall–Kier alpha value is -3.26. The average Bonchev–Trinajstić information content (AvgIpc) is 3.27. The summed E-state index contributed by atoms with van der Waals surface area (Å²) in [7, 11) is 1.48. The molecule has 1 aliphatic rings. The number of nitrogens with one attached hydrogen (secondary N) is 1. The molecule has 0 saturated carbocycles. The van der Waals surface area contributed by atoms with Crippen LogP contribution in [0.1, 0.15) is 23.2 Å². The van der Waals surface area contributed by atoms with Gasteiger partial charge in [-0.3, -0.25) is 4.79 Å². The van der Waals surface area contributed by atoms with Crippen LogP contribution in [0.15, 0.2) is 51.9 Å². The van der Waals surface area contributed by atoms with Crippen LogP contribution in [0.4, 0.5) is 14.5 Å². The zero-order chi connectivity index (χ0) is 21.1. The minimum absolute atomic E-state index is 0.0486. The van der Waals surface area contributed by atoms with Crippen molar-refractivity contribution in [2.75, 3.05) is 20.3 Å². The number of ether oxygens (including phenoxy) is 2. The Morgan fingerprint density at radius 1 is 1.27 bits per heavy atom. The van der Waals surface area contributed by atoms with Crippen LogP contribution in [0.25, 0.3) is 11.0 Å². The standard InChI is InChI=1S/C22H20F2N2O4/c1-28-19-6-2-4-13-10-16(21(27)25-12-15-5-3-9-29-15)22(30-20(13)19)26-18-11-14(23)7-8-17(18)24/h2,4,6-8,10-11,15H,3,5,9,12H2,1H3,(H,25,27)/t15-/m0/s1. The van der Waals surface area contributed by atoms with Crippen molar-refractivity contribution in [1.82, 2.24) is 5.32 Å². The Morgan fingerprint density at radius 3 is 2.90 bits per heavy atom. The molecule has 0 aliphatic carbocycles. The van der Waals surface area contributed by atoms with Gasteiger partial charge in [-0.05, 0) is 37.1 Å². The molecule has 8 heteroatoms. The molecule has 0 spiro atoms. The van der Waals surface area contributed by atoms with Gasteiger partial charge < -0.3 is 19.2 Å². The number of halogens is 2. The molecule has 1 atom stereocenters. The number of methoxy groups -OCH3 is 1. The number of benzene rings is 2. The summed E-state index contributed by atoms with van der Waals surface area (Å²) in [5, 5.41) is 3.41. The molecule has 156 valence electrons. The smallest absolute Gasteiger partial charge is 0.256 e. The lowest BCUT2D eigenvalue weighted by atomic mass is 10.1. The first kappa shape index (κ1) is 20.0. The number of nitrogens with zero attached hydrogens (tertiary/aromatic N) is 1. The maximum atomic E-state index is 14.2. The van der Waals surface area contributed by atoms with E-state index in [-0.39, 0.29) is 22.9 Å². The van der Waals surface area contributed by atoms with E-state index >= 15 is 0 Å². The van der Waals surface area contributed by atoms with Crippen LogP contribution >= 0.6 is 0 Å². The lowest BCUT2D eigenvalue weighted by Crippen LogP contribution is -2.34. The summed E-state index contributed by atoms with van der Waals surface area (Å²) in [6.45, 7) is 1.01. The molecule has 2 heterocycles. The lowest BCUT2D eigenvalue weighted by molar-refractivity contribution is 0.0854. The Balaban J connectivity index is 1.82. The molecule has 4 rings (SSSR count). The van der Waals surface area contributed by atoms with Gasteiger partial charge in [0, 0.05) is 24.6 Å². The summed E-state index contributed by atoms with van der Waals surface area (Å²) in [4.78, 5) is 17.0. The second-order valence-electron chi connectivity index (χ2n) is 6.90. The highest BCUT2D eigenvalue weighted by Crippen LogP contribution is 2.25. The van der Waals surface area contributed by atoms with Crippen molar-refractivity contribution in [3.05, 3.63) is 65.2 Å². The fourth-order valence-electron chi connectivity index (χ4n) is 3.32. The van der Waals surface area contributed by atoms with Gasteiger partial charge in [0.25, 0.3) is 5.91 Å². The van der Waals surface area contributed by atoms with Gasteiger partial charge in [-0.2, -0.15) is 0 Å². The number of fused-ring (bicyclic) bond motifs is 1. The third-order valence-corrected chi connectivity index (χ3v) is 4.85. The van der Waals surface area contributed by atoms with E-state index in [1.807, 2.05) is 0 Å². The number of rotatable bonds is 5. The van der Waals surface area contributed by atoms with Crippen LogP contribution in [0.5, 0.6) is 5.75 Å². The molecule has 0 bridgehead atoms.